The van der Waals surface area contributed by atoms with Gasteiger partial charge < -0.3 is 10.1 Å². The van der Waals surface area contributed by atoms with E-state index in [1.54, 1.807) is 0 Å². The SMILES string of the molecule is COC(=O)[C@]1(S)CCNC1. The van der Waals surface area contributed by atoms with Crippen LogP contribution in [0.25, 0.3) is 0 Å². The summed E-state index contributed by atoms with van der Waals surface area (Å²) in [5.74, 6) is -0.235. The van der Waals surface area contributed by atoms with Gasteiger partial charge in [-0.05, 0) is 13.0 Å². The molecule has 1 atom stereocenters. The smallest absolute Gasteiger partial charge is 0.323 e. The highest BCUT2D eigenvalue weighted by molar-refractivity contribution is 7.82. The first-order valence-corrected chi connectivity index (χ1v) is 3.65. The maximum atomic E-state index is 11.0. The van der Waals surface area contributed by atoms with Gasteiger partial charge in [0.15, 0.2) is 0 Å². The second kappa shape index (κ2) is 2.80. The fourth-order valence-corrected chi connectivity index (χ4v) is 1.36. The summed E-state index contributed by atoms with van der Waals surface area (Å²) < 4.78 is 4.01. The number of methoxy groups -OCH3 is 1. The number of carbonyl (C=O) groups excluding carboxylic acids is 1. The van der Waals surface area contributed by atoms with E-state index in [1.807, 2.05) is 0 Å². The highest BCUT2D eigenvalue weighted by Gasteiger charge is 2.38. The first-order chi connectivity index (χ1) is 4.69. The van der Waals surface area contributed by atoms with E-state index in [1.165, 1.54) is 7.11 Å². The third-order valence-corrected chi connectivity index (χ3v) is 2.26. The predicted octanol–water partition coefficient (Wildman–Crippen LogP) is -0.179. The number of carbonyl (C=O) groups is 1. The van der Waals surface area contributed by atoms with Crippen molar-refractivity contribution in [1.29, 1.82) is 0 Å². The quantitative estimate of drug-likeness (QED) is 0.414. The Balaban J connectivity index is 2.58. The fourth-order valence-electron chi connectivity index (χ4n) is 1.04. The lowest BCUT2D eigenvalue weighted by atomic mass is 10.1. The van der Waals surface area contributed by atoms with Crippen LogP contribution in [-0.4, -0.2) is 30.9 Å². The minimum absolute atomic E-state index is 0.235. The van der Waals surface area contributed by atoms with Gasteiger partial charge in [-0.3, -0.25) is 4.79 Å². The van der Waals surface area contributed by atoms with Crippen LogP contribution in [0.15, 0.2) is 0 Å². The summed E-state index contributed by atoms with van der Waals surface area (Å²) in [5.41, 5.74) is 0. The molecule has 10 heavy (non-hydrogen) atoms. The Morgan fingerprint density at radius 1 is 1.80 bits per heavy atom. The van der Waals surface area contributed by atoms with Crippen LogP contribution in [0.3, 0.4) is 0 Å². The molecule has 0 spiro atoms. The zero-order chi connectivity index (χ0) is 7.61. The standard InChI is InChI=1S/C6H11NO2S/c1-9-5(8)6(10)2-3-7-4-6/h7,10H,2-4H2,1H3/t6-/m0/s1. The molecule has 1 rings (SSSR count). The topological polar surface area (TPSA) is 38.3 Å². The Kier molecular flexibility index (Phi) is 2.21. The van der Waals surface area contributed by atoms with Gasteiger partial charge in [-0.1, -0.05) is 0 Å². The van der Waals surface area contributed by atoms with Crippen LogP contribution in [0.2, 0.25) is 0 Å². The minimum atomic E-state index is -0.575. The third-order valence-electron chi connectivity index (χ3n) is 1.70. The molecule has 0 aromatic heterocycles. The summed E-state index contributed by atoms with van der Waals surface area (Å²) in [6.45, 7) is 1.46. The maximum Gasteiger partial charge on any atom is 0.323 e. The Morgan fingerprint density at radius 3 is 2.90 bits per heavy atom. The van der Waals surface area contributed by atoms with Crippen molar-refractivity contribution in [2.24, 2.45) is 0 Å². The van der Waals surface area contributed by atoms with Gasteiger partial charge >= 0.3 is 5.97 Å². The molecule has 1 heterocycles. The second-order valence-electron chi connectivity index (χ2n) is 2.45. The molecule has 4 heteroatoms. The van der Waals surface area contributed by atoms with Crippen molar-refractivity contribution in [3.8, 4) is 0 Å². The highest BCUT2D eigenvalue weighted by atomic mass is 32.1. The molecule has 0 aromatic rings. The van der Waals surface area contributed by atoms with E-state index < -0.39 is 4.75 Å². The number of hydrogen-bond donors (Lipinski definition) is 2. The lowest BCUT2D eigenvalue weighted by molar-refractivity contribution is -0.142. The van der Waals surface area contributed by atoms with Crippen LogP contribution in [0.1, 0.15) is 6.42 Å². The van der Waals surface area contributed by atoms with Gasteiger partial charge in [0, 0.05) is 6.54 Å². The van der Waals surface area contributed by atoms with Gasteiger partial charge in [0.25, 0.3) is 0 Å². The van der Waals surface area contributed by atoms with E-state index in [4.69, 9.17) is 0 Å². The van der Waals surface area contributed by atoms with E-state index in [9.17, 15) is 4.79 Å². The molecule has 3 nitrogen and oxygen atoms in total. The first-order valence-electron chi connectivity index (χ1n) is 3.20. The normalized spacial score (nSPS) is 32.2. The van der Waals surface area contributed by atoms with E-state index in [2.05, 4.69) is 22.7 Å². The Morgan fingerprint density at radius 2 is 2.50 bits per heavy atom. The number of rotatable bonds is 1. The molecule has 0 bridgehead atoms. The van der Waals surface area contributed by atoms with Crippen molar-refractivity contribution < 1.29 is 9.53 Å². The molecule has 0 aromatic carbocycles. The number of ether oxygens (including phenoxy) is 1. The van der Waals surface area contributed by atoms with Crippen LogP contribution in [0.4, 0.5) is 0 Å². The fraction of sp³-hybridized carbons (Fsp3) is 0.833. The van der Waals surface area contributed by atoms with Gasteiger partial charge in [-0.15, -0.1) is 0 Å². The van der Waals surface area contributed by atoms with Crippen LogP contribution in [-0.2, 0) is 9.53 Å². The average molecular weight is 161 g/mol. The summed E-state index contributed by atoms with van der Waals surface area (Å²) in [6.07, 6.45) is 0.753. The van der Waals surface area contributed by atoms with Gasteiger partial charge in [0.1, 0.15) is 4.75 Å². The molecule has 58 valence electrons. The summed E-state index contributed by atoms with van der Waals surface area (Å²) in [4.78, 5) is 11.0. The molecular formula is C6H11NO2S. The van der Waals surface area contributed by atoms with Crippen LogP contribution < -0.4 is 5.32 Å². The number of nitrogens with one attached hydrogen (secondary N) is 1. The number of esters is 1. The summed E-state index contributed by atoms with van der Waals surface area (Å²) >= 11 is 4.22. The van der Waals surface area contributed by atoms with Crippen molar-refractivity contribution in [1.82, 2.24) is 5.32 Å². The predicted molar refractivity (Wildman–Crippen MR) is 41.2 cm³/mol. The molecule has 1 fully saturated rings. The molecule has 0 unspecified atom stereocenters. The zero-order valence-electron chi connectivity index (χ0n) is 5.89. The molecule has 0 saturated carbocycles. The lowest BCUT2D eigenvalue weighted by Gasteiger charge is -2.16. The monoisotopic (exact) mass is 161 g/mol. The van der Waals surface area contributed by atoms with Crippen molar-refractivity contribution in [3.63, 3.8) is 0 Å². The maximum absolute atomic E-state index is 11.0. The minimum Gasteiger partial charge on any atom is -0.468 e. The highest BCUT2D eigenvalue weighted by Crippen LogP contribution is 2.23. The van der Waals surface area contributed by atoms with Crippen molar-refractivity contribution >= 4 is 18.6 Å². The molecule has 1 N–H and O–H groups in total. The summed E-state index contributed by atoms with van der Waals surface area (Å²) in [5, 5.41) is 3.05. The Bertz CT molecular complexity index is 143. The van der Waals surface area contributed by atoms with Gasteiger partial charge in [0.2, 0.25) is 0 Å². The third kappa shape index (κ3) is 1.27. The molecule has 0 amide bonds. The first kappa shape index (κ1) is 7.88. The van der Waals surface area contributed by atoms with Crippen molar-refractivity contribution in [2.75, 3.05) is 20.2 Å². The van der Waals surface area contributed by atoms with Crippen LogP contribution >= 0.6 is 12.6 Å². The van der Waals surface area contributed by atoms with Crippen molar-refractivity contribution in [3.05, 3.63) is 0 Å². The summed E-state index contributed by atoms with van der Waals surface area (Å²) in [7, 11) is 1.39. The second-order valence-corrected chi connectivity index (χ2v) is 3.31. The molecule has 0 radical (unpaired) electrons. The molecule has 1 aliphatic heterocycles. The molecule has 1 aliphatic rings. The zero-order valence-corrected chi connectivity index (χ0v) is 6.78. The van der Waals surface area contributed by atoms with E-state index in [0.29, 0.717) is 6.54 Å². The molecule has 0 aliphatic carbocycles. The van der Waals surface area contributed by atoms with Gasteiger partial charge in [0.05, 0.1) is 7.11 Å². The van der Waals surface area contributed by atoms with Gasteiger partial charge in [-0.2, -0.15) is 12.6 Å². The Hall–Kier alpha value is -0.220. The molecular weight excluding hydrogens is 150 g/mol. The number of hydrogen-bond acceptors (Lipinski definition) is 4. The number of thiol groups is 1. The van der Waals surface area contributed by atoms with E-state index in [0.717, 1.165) is 13.0 Å². The lowest BCUT2D eigenvalue weighted by Crippen LogP contribution is -2.35. The average Bonchev–Trinajstić information content (AvgIpc) is 2.36. The van der Waals surface area contributed by atoms with Crippen LogP contribution in [0.5, 0.6) is 0 Å². The largest absolute Gasteiger partial charge is 0.468 e. The van der Waals surface area contributed by atoms with E-state index in [-0.39, 0.29) is 5.97 Å². The molecule has 1 saturated heterocycles. The van der Waals surface area contributed by atoms with Crippen molar-refractivity contribution in [2.45, 2.75) is 11.2 Å². The summed E-state index contributed by atoms with van der Waals surface area (Å²) in [6, 6.07) is 0. The Labute approximate surface area is 65.5 Å². The van der Waals surface area contributed by atoms with Gasteiger partial charge in [-0.25, -0.2) is 0 Å². The van der Waals surface area contributed by atoms with Crippen LogP contribution in [0, 0.1) is 0 Å². The van der Waals surface area contributed by atoms with E-state index >= 15 is 0 Å².